The van der Waals surface area contributed by atoms with Gasteiger partial charge in [0.05, 0.1) is 6.42 Å². The Morgan fingerprint density at radius 3 is 2.94 bits per heavy atom. The van der Waals surface area contributed by atoms with Crippen molar-refractivity contribution in [3.05, 3.63) is 29.8 Å². The Morgan fingerprint density at radius 2 is 2.28 bits per heavy atom. The first-order valence-electron chi connectivity index (χ1n) is 6.45. The molecule has 1 aromatic rings. The molecule has 0 saturated heterocycles. The third-order valence-electron chi connectivity index (χ3n) is 3.55. The Hall–Kier alpha value is -1.55. The number of aromatic hydroxyl groups is 1. The molecule has 1 saturated carbocycles. The lowest BCUT2D eigenvalue weighted by molar-refractivity contribution is -0.120. The van der Waals surface area contributed by atoms with Gasteiger partial charge in [-0.3, -0.25) is 4.79 Å². The van der Waals surface area contributed by atoms with Crippen LogP contribution in [0.25, 0.3) is 0 Å². The number of amides is 1. The largest absolute Gasteiger partial charge is 0.508 e. The molecule has 98 valence electrons. The number of hydrogen-bond donors (Lipinski definition) is 3. The van der Waals surface area contributed by atoms with E-state index in [2.05, 4.69) is 5.32 Å². The van der Waals surface area contributed by atoms with Gasteiger partial charge in [-0.05, 0) is 36.5 Å². The predicted octanol–water partition coefficient (Wildman–Crippen LogP) is 1.18. The third-order valence-corrected chi connectivity index (χ3v) is 3.55. The van der Waals surface area contributed by atoms with Gasteiger partial charge in [0.2, 0.25) is 5.91 Å². The van der Waals surface area contributed by atoms with Crippen molar-refractivity contribution >= 4 is 5.91 Å². The van der Waals surface area contributed by atoms with E-state index in [1.807, 2.05) is 6.07 Å². The molecule has 0 spiro atoms. The molecule has 2 rings (SSSR count). The van der Waals surface area contributed by atoms with Gasteiger partial charge in [0, 0.05) is 12.6 Å². The fraction of sp³-hybridized carbons (Fsp3) is 0.500. The minimum absolute atomic E-state index is 0.0142. The molecule has 2 atom stereocenters. The summed E-state index contributed by atoms with van der Waals surface area (Å²) in [6, 6.07) is 7.01. The Balaban J connectivity index is 1.78. The fourth-order valence-electron chi connectivity index (χ4n) is 2.48. The van der Waals surface area contributed by atoms with E-state index in [0.717, 1.165) is 24.8 Å². The van der Waals surface area contributed by atoms with Gasteiger partial charge < -0.3 is 16.2 Å². The van der Waals surface area contributed by atoms with Crippen LogP contribution in [0.15, 0.2) is 24.3 Å². The van der Waals surface area contributed by atoms with E-state index < -0.39 is 0 Å². The maximum atomic E-state index is 11.8. The molecule has 1 aliphatic carbocycles. The summed E-state index contributed by atoms with van der Waals surface area (Å²) in [5, 5.41) is 12.2. The lowest BCUT2D eigenvalue weighted by Gasteiger charge is -2.15. The molecule has 0 heterocycles. The topological polar surface area (TPSA) is 75.3 Å². The van der Waals surface area contributed by atoms with Crippen molar-refractivity contribution in [2.45, 2.75) is 31.7 Å². The molecule has 0 aliphatic heterocycles. The number of carbonyl (C=O) groups is 1. The van der Waals surface area contributed by atoms with Crippen LogP contribution in [0.3, 0.4) is 0 Å². The van der Waals surface area contributed by atoms with Crippen LogP contribution in [-0.4, -0.2) is 23.6 Å². The van der Waals surface area contributed by atoms with Gasteiger partial charge in [-0.15, -0.1) is 0 Å². The Bertz CT molecular complexity index is 420. The van der Waals surface area contributed by atoms with Gasteiger partial charge in [0.25, 0.3) is 0 Å². The summed E-state index contributed by atoms with van der Waals surface area (Å²) in [6.45, 7) is 0.665. The molecule has 1 aliphatic rings. The predicted molar refractivity (Wildman–Crippen MR) is 70.1 cm³/mol. The minimum Gasteiger partial charge on any atom is -0.508 e. The Labute approximate surface area is 107 Å². The van der Waals surface area contributed by atoms with Crippen LogP contribution >= 0.6 is 0 Å². The first-order chi connectivity index (χ1) is 8.65. The van der Waals surface area contributed by atoms with E-state index in [0.29, 0.717) is 18.9 Å². The maximum Gasteiger partial charge on any atom is 0.224 e. The van der Waals surface area contributed by atoms with Crippen molar-refractivity contribution in [3.8, 4) is 5.75 Å². The van der Waals surface area contributed by atoms with E-state index in [1.54, 1.807) is 18.2 Å². The summed E-state index contributed by atoms with van der Waals surface area (Å²) >= 11 is 0. The van der Waals surface area contributed by atoms with Crippen molar-refractivity contribution in [3.63, 3.8) is 0 Å². The van der Waals surface area contributed by atoms with Crippen LogP contribution in [0.1, 0.15) is 24.8 Å². The van der Waals surface area contributed by atoms with Crippen LogP contribution in [0.5, 0.6) is 5.75 Å². The van der Waals surface area contributed by atoms with E-state index in [1.165, 1.54) is 0 Å². The van der Waals surface area contributed by atoms with Crippen molar-refractivity contribution in [2.75, 3.05) is 6.54 Å². The number of nitrogens with two attached hydrogens (primary N) is 1. The van der Waals surface area contributed by atoms with Gasteiger partial charge in [-0.1, -0.05) is 18.6 Å². The summed E-state index contributed by atoms with van der Waals surface area (Å²) in [6.07, 6.45) is 3.63. The normalized spacial score (nSPS) is 22.9. The monoisotopic (exact) mass is 248 g/mol. The van der Waals surface area contributed by atoms with Crippen molar-refractivity contribution in [2.24, 2.45) is 11.7 Å². The Kier molecular flexibility index (Phi) is 4.20. The fourth-order valence-corrected chi connectivity index (χ4v) is 2.48. The third kappa shape index (κ3) is 3.47. The number of benzene rings is 1. The average molecular weight is 248 g/mol. The lowest BCUT2D eigenvalue weighted by atomic mass is 10.0. The number of carbonyl (C=O) groups excluding carboxylic acids is 1. The molecule has 2 unspecified atom stereocenters. The average Bonchev–Trinajstić information content (AvgIpc) is 2.72. The van der Waals surface area contributed by atoms with E-state index in [-0.39, 0.29) is 17.7 Å². The lowest BCUT2D eigenvalue weighted by Crippen LogP contribution is -2.36. The summed E-state index contributed by atoms with van der Waals surface area (Å²) in [4.78, 5) is 11.8. The second-order valence-electron chi connectivity index (χ2n) is 5.01. The van der Waals surface area contributed by atoms with Crippen molar-refractivity contribution in [1.82, 2.24) is 5.32 Å². The molecule has 4 N–H and O–H groups in total. The first kappa shape index (κ1) is 12.9. The highest BCUT2D eigenvalue weighted by molar-refractivity contribution is 5.78. The molecular formula is C14H20N2O2. The SMILES string of the molecule is NC1CCCC1CNC(=O)Cc1cccc(O)c1. The standard InChI is InChI=1S/C14H20N2O2/c15-13-6-2-4-11(13)9-16-14(18)8-10-3-1-5-12(17)7-10/h1,3,5,7,11,13,17H,2,4,6,8-9,15H2,(H,16,18). The van der Waals surface area contributed by atoms with Gasteiger partial charge in [-0.2, -0.15) is 0 Å². The zero-order chi connectivity index (χ0) is 13.0. The molecule has 4 heteroatoms. The van der Waals surface area contributed by atoms with Crippen LogP contribution < -0.4 is 11.1 Å². The maximum absolute atomic E-state index is 11.8. The Morgan fingerprint density at radius 1 is 1.44 bits per heavy atom. The van der Waals surface area contributed by atoms with Crippen molar-refractivity contribution < 1.29 is 9.90 Å². The molecule has 18 heavy (non-hydrogen) atoms. The number of hydrogen-bond acceptors (Lipinski definition) is 3. The molecule has 0 aromatic heterocycles. The highest BCUT2D eigenvalue weighted by Gasteiger charge is 2.23. The van der Waals surface area contributed by atoms with Gasteiger partial charge in [0.15, 0.2) is 0 Å². The summed E-state index contributed by atoms with van der Waals surface area (Å²) in [5.41, 5.74) is 6.78. The van der Waals surface area contributed by atoms with Crippen LogP contribution in [0, 0.1) is 5.92 Å². The summed E-state index contributed by atoms with van der Waals surface area (Å²) in [5.74, 6) is 0.593. The van der Waals surface area contributed by atoms with Crippen LogP contribution in [0.2, 0.25) is 0 Å². The highest BCUT2D eigenvalue weighted by atomic mass is 16.3. The quantitative estimate of drug-likeness (QED) is 0.749. The number of phenols is 1. The van der Waals surface area contributed by atoms with E-state index in [9.17, 15) is 9.90 Å². The van der Waals surface area contributed by atoms with Gasteiger partial charge in [0.1, 0.15) is 5.75 Å². The molecule has 1 aromatic carbocycles. The summed E-state index contributed by atoms with van der Waals surface area (Å²) in [7, 11) is 0. The number of nitrogens with one attached hydrogen (secondary N) is 1. The zero-order valence-electron chi connectivity index (χ0n) is 10.4. The second kappa shape index (κ2) is 5.87. The molecular weight excluding hydrogens is 228 g/mol. The molecule has 0 radical (unpaired) electrons. The smallest absolute Gasteiger partial charge is 0.224 e. The van der Waals surface area contributed by atoms with Gasteiger partial charge in [-0.25, -0.2) is 0 Å². The molecule has 0 bridgehead atoms. The van der Waals surface area contributed by atoms with E-state index in [4.69, 9.17) is 5.73 Å². The zero-order valence-corrected chi connectivity index (χ0v) is 10.4. The van der Waals surface area contributed by atoms with Crippen molar-refractivity contribution in [1.29, 1.82) is 0 Å². The number of phenolic OH excluding ortho intramolecular Hbond substituents is 1. The molecule has 4 nitrogen and oxygen atoms in total. The first-order valence-corrected chi connectivity index (χ1v) is 6.45. The highest BCUT2D eigenvalue weighted by Crippen LogP contribution is 2.23. The van der Waals surface area contributed by atoms with Crippen LogP contribution in [0.4, 0.5) is 0 Å². The van der Waals surface area contributed by atoms with Gasteiger partial charge >= 0.3 is 0 Å². The van der Waals surface area contributed by atoms with E-state index >= 15 is 0 Å². The molecule has 1 fully saturated rings. The van der Waals surface area contributed by atoms with Crippen LogP contribution in [-0.2, 0) is 11.2 Å². The second-order valence-corrected chi connectivity index (χ2v) is 5.01. The minimum atomic E-state index is -0.0142. The summed E-state index contributed by atoms with van der Waals surface area (Å²) < 4.78 is 0. The molecule has 1 amide bonds. The number of rotatable bonds is 4.